The van der Waals surface area contributed by atoms with Gasteiger partial charge in [-0.05, 0) is 95.7 Å². The fourth-order valence-electron chi connectivity index (χ4n) is 7.09. The van der Waals surface area contributed by atoms with Gasteiger partial charge in [0.1, 0.15) is 6.61 Å². The second kappa shape index (κ2) is 6.97. The summed E-state index contributed by atoms with van der Waals surface area (Å²) in [5.74, 6) is 2.36. The smallest absolute Gasteiger partial charge is 0.338 e. The van der Waals surface area contributed by atoms with Crippen molar-refractivity contribution in [1.82, 2.24) is 0 Å². The quantitative estimate of drug-likeness (QED) is 0.461. The molecule has 4 saturated carbocycles. The van der Waals surface area contributed by atoms with Gasteiger partial charge in [-0.3, -0.25) is 0 Å². The van der Waals surface area contributed by atoms with Crippen molar-refractivity contribution in [1.29, 1.82) is 0 Å². The van der Waals surface area contributed by atoms with Crippen LogP contribution in [0.4, 0.5) is 0 Å². The number of esters is 1. The molecule has 4 aliphatic carbocycles. The second-order valence-electron chi connectivity index (χ2n) is 10.0. The summed E-state index contributed by atoms with van der Waals surface area (Å²) in [6, 6.07) is 22.8. The van der Waals surface area contributed by atoms with E-state index in [1.165, 1.54) is 49.5 Å². The Bertz CT molecular complexity index is 1060. The van der Waals surface area contributed by atoms with E-state index in [0.717, 1.165) is 34.3 Å². The summed E-state index contributed by atoms with van der Waals surface area (Å²) in [6.07, 6.45) is 7.95. The number of hydrogen-bond donors (Lipinski definition) is 0. The van der Waals surface area contributed by atoms with Gasteiger partial charge in [-0.1, -0.05) is 54.6 Å². The molecule has 2 heteroatoms. The molecule has 0 saturated heterocycles. The van der Waals surface area contributed by atoms with Crippen molar-refractivity contribution >= 4 is 16.7 Å². The summed E-state index contributed by atoms with van der Waals surface area (Å²) in [4.78, 5) is 13.4. The Labute approximate surface area is 178 Å². The Balaban J connectivity index is 1.41. The van der Waals surface area contributed by atoms with E-state index in [0.29, 0.717) is 6.61 Å². The lowest BCUT2D eigenvalue weighted by Crippen LogP contribution is -2.49. The standard InChI is InChI=1S/C28H28O2/c29-27(30-18-19-6-2-1-3-7-19)25-13-23-8-4-5-9-24(23)14-26(25)28-15-20-10-21(16-28)12-22(11-20)17-28/h1-9,13-14,20-22H,10-12,15-18H2. The van der Waals surface area contributed by atoms with Gasteiger partial charge in [0.25, 0.3) is 0 Å². The van der Waals surface area contributed by atoms with Crippen LogP contribution in [-0.2, 0) is 16.8 Å². The monoisotopic (exact) mass is 396 g/mol. The molecule has 0 heterocycles. The average molecular weight is 397 g/mol. The maximum atomic E-state index is 13.4. The maximum Gasteiger partial charge on any atom is 0.338 e. The molecule has 0 spiro atoms. The zero-order valence-electron chi connectivity index (χ0n) is 17.3. The van der Waals surface area contributed by atoms with Gasteiger partial charge in [0.15, 0.2) is 0 Å². The summed E-state index contributed by atoms with van der Waals surface area (Å²) in [5.41, 5.74) is 3.26. The fourth-order valence-corrected chi connectivity index (χ4v) is 7.09. The lowest BCUT2D eigenvalue weighted by atomic mass is 9.47. The lowest BCUT2D eigenvalue weighted by Gasteiger charge is -2.57. The van der Waals surface area contributed by atoms with E-state index >= 15 is 0 Å². The SMILES string of the molecule is O=C(OCc1ccccc1)c1cc2ccccc2cc1C12CC3CC(CC(C3)C1)C2. The van der Waals surface area contributed by atoms with Crippen LogP contribution in [0, 0.1) is 17.8 Å². The largest absolute Gasteiger partial charge is 0.457 e. The van der Waals surface area contributed by atoms with E-state index in [1.54, 1.807) is 0 Å². The molecule has 2 nitrogen and oxygen atoms in total. The van der Waals surface area contributed by atoms with Crippen LogP contribution in [0.5, 0.6) is 0 Å². The van der Waals surface area contributed by atoms with Crippen molar-refractivity contribution in [3.05, 3.63) is 83.4 Å². The third kappa shape index (κ3) is 3.05. The highest BCUT2D eigenvalue weighted by Crippen LogP contribution is 2.61. The predicted molar refractivity (Wildman–Crippen MR) is 119 cm³/mol. The first kappa shape index (κ1) is 18.2. The molecule has 4 fully saturated rings. The van der Waals surface area contributed by atoms with Crippen LogP contribution in [0.3, 0.4) is 0 Å². The van der Waals surface area contributed by atoms with Crippen molar-refractivity contribution in [3.8, 4) is 0 Å². The summed E-state index contributed by atoms with van der Waals surface area (Å²) >= 11 is 0. The number of ether oxygens (including phenoxy) is 1. The molecule has 7 rings (SSSR count). The Kier molecular flexibility index (Phi) is 4.23. The molecule has 4 bridgehead atoms. The Morgan fingerprint density at radius 3 is 2.00 bits per heavy atom. The van der Waals surface area contributed by atoms with E-state index < -0.39 is 0 Å². The minimum Gasteiger partial charge on any atom is -0.457 e. The topological polar surface area (TPSA) is 26.3 Å². The Morgan fingerprint density at radius 1 is 0.800 bits per heavy atom. The van der Waals surface area contributed by atoms with E-state index in [4.69, 9.17) is 4.74 Å². The van der Waals surface area contributed by atoms with Gasteiger partial charge in [-0.2, -0.15) is 0 Å². The highest BCUT2D eigenvalue weighted by Gasteiger charge is 2.52. The second-order valence-corrected chi connectivity index (χ2v) is 10.0. The minimum atomic E-state index is -0.171. The van der Waals surface area contributed by atoms with Crippen molar-refractivity contribution in [3.63, 3.8) is 0 Å². The fraction of sp³-hybridized carbons (Fsp3) is 0.393. The average Bonchev–Trinajstić information content (AvgIpc) is 2.76. The van der Waals surface area contributed by atoms with Crippen LogP contribution in [0.25, 0.3) is 10.8 Å². The van der Waals surface area contributed by atoms with E-state index in [2.05, 4.69) is 30.3 Å². The zero-order chi connectivity index (χ0) is 20.1. The molecular formula is C28H28O2. The van der Waals surface area contributed by atoms with Crippen molar-refractivity contribution < 1.29 is 9.53 Å². The van der Waals surface area contributed by atoms with E-state index in [9.17, 15) is 4.79 Å². The van der Waals surface area contributed by atoms with Gasteiger partial charge in [-0.25, -0.2) is 4.79 Å². The first-order chi connectivity index (χ1) is 14.7. The van der Waals surface area contributed by atoms with E-state index in [1.807, 2.05) is 36.4 Å². The number of rotatable bonds is 4. The Hall–Kier alpha value is -2.61. The maximum absolute atomic E-state index is 13.4. The third-order valence-corrected chi connectivity index (χ3v) is 7.93. The molecule has 3 aromatic carbocycles. The molecule has 0 N–H and O–H groups in total. The molecule has 0 aliphatic heterocycles. The number of hydrogen-bond acceptors (Lipinski definition) is 2. The molecule has 0 atom stereocenters. The Morgan fingerprint density at radius 2 is 1.37 bits per heavy atom. The van der Waals surface area contributed by atoms with Crippen LogP contribution in [-0.4, -0.2) is 5.97 Å². The van der Waals surface area contributed by atoms with Crippen LogP contribution < -0.4 is 0 Å². The highest BCUT2D eigenvalue weighted by atomic mass is 16.5. The predicted octanol–water partition coefficient (Wildman–Crippen LogP) is 6.66. The first-order valence-corrected chi connectivity index (χ1v) is 11.4. The van der Waals surface area contributed by atoms with Crippen molar-refractivity contribution in [2.45, 2.75) is 50.5 Å². The van der Waals surface area contributed by atoms with Crippen molar-refractivity contribution in [2.24, 2.45) is 17.8 Å². The van der Waals surface area contributed by atoms with Gasteiger partial charge >= 0.3 is 5.97 Å². The van der Waals surface area contributed by atoms with Crippen LogP contribution in [0.15, 0.2) is 66.7 Å². The summed E-state index contributed by atoms with van der Waals surface area (Å²) in [7, 11) is 0. The summed E-state index contributed by atoms with van der Waals surface area (Å²) in [6.45, 7) is 0.326. The molecule has 0 unspecified atom stereocenters. The molecule has 0 aromatic heterocycles. The van der Waals surface area contributed by atoms with Crippen LogP contribution in [0.2, 0.25) is 0 Å². The lowest BCUT2D eigenvalue weighted by molar-refractivity contribution is -0.00608. The number of carbonyl (C=O) groups excluding carboxylic acids is 1. The molecule has 4 aliphatic rings. The molecule has 0 radical (unpaired) electrons. The number of benzene rings is 3. The summed E-state index contributed by atoms with van der Waals surface area (Å²) < 4.78 is 5.83. The number of carbonyl (C=O) groups is 1. The summed E-state index contributed by atoms with van der Waals surface area (Å²) in [5, 5.41) is 2.36. The first-order valence-electron chi connectivity index (χ1n) is 11.4. The number of fused-ring (bicyclic) bond motifs is 1. The molecule has 30 heavy (non-hydrogen) atoms. The van der Waals surface area contributed by atoms with Crippen LogP contribution in [0.1, 0.15) is 60.0 Å². The van der Waals surface area contributed by atoms with Gasteiger partial charge in [0.05, 0.1) is 5.56 Å². The van der Waals surface area contributed by atoms with E-state index in [-0.39, 0.29) is 11.4 Å². The van der Waals surface area contributed by atoms with Crippen LogP contribution >= 0.6 is 0 Å². The van der Waals surface area contributed by atoms with Gasteiger partial charge in [0.2, 0.25) is 0 Å². The normalized spacial score (nSPS) is 29.3. The van der Waals surface area contributed by atoms with Crippen molar-refractivity contribution in [2.75, 3.05) is 0 Å². The molecular weight excluding hydrogens is 368 g/mol. The zero-order valence-corrected chi connectivity index (χ0v) is 17.3. The molecule has 152 valence electrons. The molecule has 3 aromatic rings. The third-order valence-electron chi connectivity index (χ3n) is 7.93. The van der Waals surface area contributed by atoms with Gasteiger partial charge < -0.3 is 4.74 Å². The minimum absolute atomic E-state index is 0.167. The van der Waals surface area contributed by atoms with Gasteiger partial charge in [0, 0.05) is 0 Å². The molecule has 0 amide bonds. The highest BCUT2D eigenvalue weighted by molar-refractivity contribution is 5.97. The van der Waals surface area contributed by atoms with Gasteiger partial charge in [-0.15, -0.1) is 0 Å².